The van der Waals surface area contributed by atoms with E-state index in [-0.39, 0.29) is 0 Å². The summed E-state index contributed by atoms with van der Waals surface area (Å²) in [7, 11) is -3.26. The smallest absolute Gasteiger partial charge is 0.211 e. The van der Waals surface area contributed by atoms with Crippen molar-refractivity contribution in [2.24, 2.45) is 5.92 Å². The van der Waals surface area contributed by atoms with Gasteiger partial charge in [-0.15, -0.1) is 0 Å². The number of sulfonamides is 1. The molecule has 2 heterocycles. The molecule has 0 radical (unpaired) electrons. The highest BCUT2D eigenvalue weighted by atomic mass is 32.2. The van der Waals surface area contributed by atoms with Gasteiger partial charge in [0.1, 0.15) is 11.4 Å². The molecule has 1 aromatic carbocycles. The molecule has 1 saturated heterocycles. The first-order valence-corrected chi connectivity index (χ1v) is 11.1. The lowest BCUT2D eigenvalue weighted by Gasteiger charge is -2.42. The monoisotopic (exact) mass is 364 g/mol. The Bertz CT molecular complexity index is 750. The van der Waals surface area contributed by atoms with Gasteiger partial charge < -0.3 is 9.64 Å². The highest BCUT2D eigenvalue weighted by Gasteiger charge is 2.43. The Morgan fingerprint density at radius 2 is 1.96 bits per heavy atom. The second-order valence-corrected chi connectivity index (χ2v) is 10.2. The second kappa shape index (κ2) is 6.25. The van der Waals surface area contributed by atoms with Crippen LogP contribution >= 0.6 is 0 Å². The van der Waals surface area contributed by atoms with E-state index in [0.717, 1.165) is 48.7 Å². The standard InChI is InChI=1S/C19H28N2O3S/c1-15-3-6-18-17(11-15)13-21(25(2,22)23)14-19(24-18)7-9-20(10-8-19)12-16-4-5-16/h3,6,11,16H,4-5,7-10,12-14H2,1-2H3. The topological polar surface area (TPSA) is 49.9 Å². The summed E-state index contributed by atoms with van der Waals surface area (Å²) >= 11 is 0. The van der Waals surface area contributed by atoms with E-state index in [9.17, 15) is 8.42 Å². The molecule has 2 fully saturated rings. The van der Waals surface area contributed by atoms with Crippen LogP contribution in [-0.4, -0.2) is 55.7 Å². The minimum Gasteiger partial charge on any atom is -0.485 e. The van der Waals surface area contributed by atoms with Gasteiger partial charge in [-0.1, -0.05) is 17.7 Å². The van der Waals surface area contributed by atoms with Crippen molar-refractivity contribution >= 4 is 10.0 Å². The molecule has 25 heavy (non-hydrogen) atoms. The molecule has 3 aliphatic rings. The number of ether oxygens (including phenoxy) is 1. The van der Waals surface area contributed by atoms with E-state index in [4.69, 9.17) is 4.74 Å². The van der Waals surface area contributed by atoms with Crippen LogP contribution in [0.15, 0.2) is 18.2 Å². The van der Waals surface area contributed by atoms with Crippen LogP contribution in [0.3, 0.4) is 0 Å². The van der Waals surface area contributed by atoms with Gasteiger partial charge >= 0.3 is 0 Å². The Hall–Kier alpha value is -1.11. The van der Waals surface area contributed by atoms with Crippen molar-refractivity contribution < 1.29 is 13.2 Å². The fraction of sp³-hybridized carbons (Fsp3) is 0.684. The zero-order chi connectivity index (χ0) is 17.7. The molecule has 5 nitrogen and oxygen atoms in total. The minimum absolute atomic E-state index is 0.399. The fourth-order valence-electron chi connectivity index (χ4n) is 4.07. The average Bonchev–Trinajstić information content (AvgIpc) is 3.35. The maximum Gasteiger partial charge on any atom is 0.211 e. The summed E-state index contributed by atoms with van der Waals surface area (Å²) < 4.78 is 32.8. The highest BCUT2D eigenvalue weighted by Crippen LogP contribution is 2.38. The molecule has 1 spiro atoms. The molecular formula is C19H28N2O3S. The number of aryl methyl sites for hydroxylation is 1. The first-order chi connectivity index (χ1) is 11.8. The highest BCUT2D eigenvalue weighted by molar-refractivity contribution is 7.88. The molecule has 0 atom stereocenters. The van der Waals surface area contributed by atoms with Crippen LogP contribution in [-0.2, 0) is 16.6 Å². The molecule has 0 bridgehead atoms. The summed E-state index contributed by atoms with van der Waals surface area (Å²) in [6.45, 7) is 6.08. The van der Waals surface area contributed by atoms with E-state index in [0.29, 0.717) is 13.1 Å². The van der Waals surface area contributed by atoms with Gasteiger partial charge in [-0.2, -0.15) is 4.31 Å². The molecule has 0 N–H and O–H groups in total. The molecular weight excluding hydrogens is 336 g/mol. The number of benzene rings is 1. The number of likely N-dealkylation sites (tertiary alicyclic amines) is 1. The van der Waals surface area contributed by atoms with Crippen molar-refractivity contribution in [3.05, 3.63) is 29.3 Å². The Labute approximate surface area is 151 Å². The Morgan fingerprint density at radius 3 is 2.60 bits per heavy atom. The Balaban J connectivity index is 1.59. The quantitative estimate of drug-likeness (QED) is 0.826. The van der Waals surface area contributed by atoms with Gasteiger partial charge in [0.25, 0.3) is 0 Å². The lowest BCUT2D eigenvalue weighted by molar-refractivity contribution is -0.00643. The molecule has 0 amide bonds. The van der Waals surface area contributed by atoms with Crippen LogP contribution in [0.25, 0.3) is 0 Å². The number of nitrogens with zero attached hydrogens (tertiary/aromatic N) is 2. The van der Waals surface area contributed by atoms with Gasteiger partial charge in [-0.3, -0.25) is 0 Å². The predicted molar refractivity (Wildman–Crippen MR) is 98.2 cm³/mol. The average molecular weight is 365 g/mol. The van der Waals surface area contributed by atoms with Crippen LogP contribution in [0.1, 0.15) is 36.8 Å². The molecule has 2 aliphatic heterocycles. The molecule has 0 unspecified atom stereocenters. The summed E-state index contributed by atoms with van der Waals surface area (Å²) in [5, 5.41) is 0. The van der Waals surface area contributed by atoms with Crippen molar-refractivity contribution in [3.8, 4) is 5.75 Å². The van der Waals surface area contributed by atoms with Crippen molar-refractivity contribution in [2.75, 3.05) is 32.4 Å². The van der Waals surface area contributed by atoms with Gasteiger partial charge in [-0.25, -0.2) is 8.42 Å². The third-order valence-electron chi connectivity index (χ3n) is 5.80. The number of hydrogen-bond acceptors (Lipinski definition) is 4. The van der Waals surface area contributed by atoms with Crippen molar-refractivity contribution in [3.63, 3.8) is 0 Å². The minimum atomic E-state index is -3.26. The van der Waals surface area contributed by atoms with E-state index in [2.05, 4.69) is 11.0 Å². The van der Waals surface area contributed by atoms with Crippen molar-refractivity contribution in [1.29, 1.82) is 0 Å². The van der Waals surface area contributed by atoms with E-state index in [1.165, 1.54) is 25.6 Å². The summed E-state index contributed by atoms with van der Waals surface area (Å²) in [5.74, 6) is 1.74. The van der Waals surface area contributed by atoms with Crippen LogP contribution in [0.2, 0.25) is 0 Å². The maximum absolute atomic E-state index is 12.3. The summed E-state index contributed by atoms with van der Waals surface area (Å²) in [6, 6.07) is 6.11. The van der Waals surface area contributed by atoms with Gasteiger partial charge in [-0.05, 0) is 31.7 Å². The number of piperidine rings is 1. The Morgan fingerprint density at radius 1 is 1.24 bits per heavy atom. The van der Waals surface area contributed by atoms with Crippen molar-refractivity contribution in [2.45, 2.75) is 44.8 Å². The SMILES string of the molecule is Cc1ccc2c(c1)CN(S(C)(=O)=O)CC1(CCN(CC3CC3)CC1)O2. The largest absolute Gasteiger partial charge is 0.485 e. The predicted octanol–water partition coefficient (Wildman–Crippen LogP) is 2.39. The number of hydrogen-bond donors (Lipinski definition) is 0. The van der Waals surface area contributed by atoms with Gasteiger partial charge in [0.05, 0.1) is 12.8 Å². The fourth-order valence-corrected chi connectivity index (χ4v) is 4.91. The molecule has 1 aromatic rings. The lowest BCUT2D eigenvalue weighted by atomic mass is 9.90. The summed E-state index contributed by atoms with van der Waals surface area (Å²) in [5.41, 5.74) is 1.71. The van der Waals surface area contributed by atoms with E-state index in [1.807, 2.05) is 19.1 Å². The zero-order valence-corrected chi connectivity index (χ0v) is 16.0. The first-order valence-electron chi connectivity index (χ1n) is 9.29. The van der Waals surface area contributed by atoms with Gasteiger partial charge in [0.15, 0.2) is 0 Å². The molecule has 4 rings (SSSR count). The second-order valence-electron chi connectivity index (χ2n) is 8.17. The van der Waals surface area contributed by atoms with E-state index >= 15 is 0 Å². The van der Waals surface area contributed by atoms with Gasteiger partial charge in [0, 0.05) is 44.6 Å². The molecule has 1 aliphatic carbocycles. The van der Waals surface area contributed by atoms with Crippen LogP contribution < -0.4 is 4.74 Å². The van der Waals surface area contributed by atoms with Crippen LogP contribution in [0, 0.1) is 12.8 Å². The molecule has 0 aromatic heterocycles. The number of fused-ring (bicyclic) bond motifs is 1. The lowest BCUT2D eigenvalue weighted by Crippen LogP contribution is -2.54. The van der Waals surface area contributed by atoms with Crippen LogP contribution in [0.4, 0.5) is 0 Å². The zero-order valence-electron chi connectivity index (χ0n) is 15.2. The normalized spacial score (nSPS) is 24.6. The maximum atomic E-state index is 12.3. The molecule has 138 valence electrons. The number of rotatable bonds is 3. The van der Waals surface area contributed by atoms with E-state index in [1.54, 1.807) is 4.31 Å². The van der Waals surface area contributed by atoms with Gasteiger partial charge in [0.2, 0.25) is 10.0 Å². The summed E-state index contributed by atoms with van der Waals surface area (Å²) in [4.78, 5) is 2.53. The van der Waals surface area contributed by atoms with E-state index < -0.39 is 15.6 Å². The summed E-state index contributed by atoms with van der Waals surface area (Å²) in [6.07, 6.45) is 5.82. The third kappa shape index (κ3) is 3.86. The van der Waals surface area contributed by atoms with Crippen molar-refractivity contribution in [1.82, 2.24) is 9.21 Å². The molecule has 6 heteroatoms. The molecule has 1 saturated carbocycles. The first kappa shape index (κ1) is 17.3. The third-order valence-corrected chi connectivity index (χ3v) is 7.00. The van der Waals surface area contributed by atoms with Crippen LogP contribution in [0.5, 0.6) is 5.75 Å². The Kier molecular flexibility index (Phi) is 4.33.